The first-order chi connectivity index (χ1) is 14.8. The van der Waals surface area contributed by atoms with E-state index in [0.29, 0.717) is 0 Å². The minimum absolute atomic E-state index is 0.0233. The maximum atomic E-state index is 17.1. The van der Waals surface area contributed by atoms with Gasteiger partial charge in [0.05, 0.1) is 6.10 Å². The highest BCUT2D eigenvalue weighted by molar-refractivity contribution is 6.01. The summed E-state index contributed by atoms with van der Waals surface area (Å²) in [6, 6.07) is 0. The smallest absolute Gasteiger partial charge is 0.303 e. The molecule has 0 radical (unpaired) electrons. The topological polar surface area (TPSA) is 101 Å². The van der Waals surface area contributed by atoms with Crippen molar-refractivity contribution in [2.75, 3.05) is 6.61 Å². The molecule has 0 spiro atoms. The largest absolute Gasteiger partial charge is 0.450 e. The molecule has 4 aliphatic rings. The highest BCUT2D eigenvalue weighted by Gasteiger charge is 2.77. The molecule has 3 saturated carbocycles. The Morgan fingerprint density at radius 3 is 2.50 bits per heavy atom. The molecule has 0 saturated heterocycles. The Kier molecular flexibility index (Phi) is 5.11. The van der Waals surface area contributed by atoms with Gasteiger partial charge in [0, 0.05) is 29.6 Å². The van der Waals surface area contributed by atoms with Crippen LogP contribution < -0.4 is 0 Å². The lowest BCUT2D eigenvalue weighted by molar-refractivity contribution is -0.231. The van der Waals surface area contributed by atoms with Gasteiger partial charge in [-0.3, -0.25) is 14.4 Å². The Morgan fingerprint density at radius 2 is 1.91 bits per heavy atom. The lowest BCUT2D eigenvalue weighted by atomic mass is 9.44. The molecule has 0 heterocycles. The van der Waals surface area contributed by atoms with Gasteiger partial charge in [0.1, 0.15) is 12.8 Å². The number of hydrogen-bond acceptors (Lipinski definition) is 6. The zero-order chi connectivity index (χ0) is 23.9. The highest BCUT2D eigenvalue weighted by atomic mass is 19.1. The first-order valence-corrected chi connectivity index (χ1v) is 11.1. The van der Waals surface area contributed by atoms with Crippen molar-refractivity contribution in [2.45, 2.75) is 70.5 Å². The van der Waals surface area contributed by atoms with Crippen molar-refractivity contribution in [1.29, 1.82) is 0 Å². The molecule has 0 amide bonds. The number of esters is 1. The van der Waals surface area contributed by atoms with Crippen LogP contribution in [0.5, 0.6) is 0 Å². The molecule has 4 rings (SSSR count). The second kappa shape index (κ2) is 7.03. The van der Waals surface area contributed by atoms with Gasteiger partial charge in [0.2, 0.25) is 5.78 Å². The second-order valence-corrected chi connectivity index (χ2v) is 10.4. The number of aliphatic hydroxyl groups is 2. The molecule has 2 N–H and O–H groups in total. The van der Waals surface area contributed by atoms with Gasteiger partial charge in [0.25, 0.3) is 0 Å². The normalized spacial score (nSPS) is 49.6. The predicted octanol–water partition coefficient (Wildman–Crippen LogP) is 2.41. The van der Waals surface area contributed by atoms with E-state index in [1.54, 1.807) is 13.8 Å². The number of rotatable bonds is 3. The first-order valence-electron chi connectivity index (χ1n) is 11.1. The molecular formula is C24H30F2O6. The van der Waals surface area contributed by atoms with Gasteiger partial charge in [-0.25, -0.2) is 8.78 Å². The number of hydrogen-bond donors (Lipinski definition) is 2. The van der Waals surface area contributed by atoms with Gasteiger partial charge in [-0.15, -0.1) is 0 Å². The fourth-order valence-corrected chi connectivity index (χ4v) is 7.74. The molecule has 9 atom stereocenters. The standard InChI is InChI=1S/C24H30F2O6/c1-12-7-15-16-9-18(25)17-8-14(29)5-6-21(17,3)23(16,26)19(30)10-22(15,4)24(12,20(31)11-27)32-13(2)28/h5-6,8,12,15-16,18-19,27,30H,7,9-11H2,1-4H3/t12-,15+,16?,18+,19+,21+,22+,23+,24+/m1/s1. The Hall–Kier alpha value is -1.93. The molecule has 0 aromatic carbocycles. The first kappa shape index (κ1) is 23.2. The second-order valence-electron chi connectivity index (χ2n) is 10.4. The molecule has 4 aliphatic carbocycles. The van der Waals surface area contributed by atoms with Crippen LogP contribution in [0, 0.1) is 28.6 Å². The summed E-state index contributed by atoms with van der Waals surface area (Å²) in [6.45, 7) is 5.16. The number of fused-ring (bicyclic) bond motifs is 5. The van der Waals surface area contributed by atoms with Crippen LogP contribution in [0.2, 0.25) is 0 Å². The minimum Gasteiger partial charge on any atom is -0.450 e. The summed E-state index contributed by atoms with van der Waals surface area (Å²) in [7, 11) is 0. The number of allylic oxidation sites excluding steroid dienone is 4. The molecule has 32 heavy (non-hydrogen) atoms. The number of carbonyl (C=O) groups is 3. The van der Waals surface area contributed by atoms with E-state index in [0.717, 1.165) is 13.0 Å². The maximum absolute atomic E-state index is 17.1. The molecule has 6 nitrogen and oxygen atoms in total. The van der Waals surface area contributed by atoms with E-state index in [1.165, 1.54) is 19.1 Å². The van der Waals surface area contributed by atoms with Gasteiger partial charge in [-0.2, -0.15) is 0 Å². The van der Waals surface area contributed by atoms with Crippen LogP contribution in [-0.4, -0.2) is 57.9 Å². The molecule has 176 valence electrons. The van der Waals surface area contributed by atoms with Crippen LogP contribution in [-0.2, 0) is 19.1 Å². The van der Waals surface area contributed by atoms with E-state index in [-0.39, 0.29) is 24.8 Å². The van der Waals surface area contributed by atoms with E-state index in [2.05, 4.69) is 0 Å². The molecule has 0 aromatic heterocycles. The zero-order valence-electron chi connectivity index (χ0n) is 18.7. The lowest BCUT2D eigenvalue weighted by Crippen LogP contribution is -2.71. The number of ether oxygens (including phenoxy) is 1. The number of alkyl halides is 2. The molecule has 3 fully saturated rings. The number of Topliss-reactive ketones (excluding diaryl/α,β-unsaturated/α-hetero) is 1. The van der Waals surface area contributed by atoms with Crippen molar-refractivity contribution in [3.8, 4) is 0 Å². The van der Waals surface area contributed by atoms with Crippen LogP contribution in [0.1, 0.15) is 47.0 Å². The molecule has 1 unspecified atom stereocenters. The van der Waals surface area contributed by atoms with Crippen molar-refractivity contribution < 1.29 is 38.1 Å². The van der Waals surface area contributed by atoms with Crippen LogP contribution in [0.25, 0.3) is 0 Å². The number of carbonyl (C=O) groups excluding carboxylic acids is 3. The summed E-state index contributed by atoms with van der Waals surface area (Å²) >= 11 is 0. The number of aliphatic hydroxyl groups excluding tert-OH is 2. The molecular weight excluding hydrogens is 422 g/mol. The van der Waals surface area contributed by atoms with Crippen LogP contribution in [0.15, 0.2) is 23.8 Å². The van der Waals surface area contributed by atoms with E-state index < -0.39 is 76.3 Å². The number of ketones is 2. The lowest BCUT2D eigenvalue weighted by Gasteiger charge is -2.63. The van der Waals surface area contributed by atoms with Gasteiger partial charge in [0.15, 0.2) is 17.1 Å². The summed E-state index contributed by atoms with van der Waals surface area (Å²) in [5.74, 6) is -3.99. The average Bonchev–Trinajstić information content (AvgIpc) is 2.92. The Morgan fingerprint density at radius 1 is 1.25 bits per heavy atom. The number of halogens is 2. The summed E-state index contributed by atoms with van der Waals surface area (Å²) in [5, 5.41) is 21.0. The Bertz CT molecular complexity index is 945. The zero-order valence-corrected chi connectivity index (χ0v) is 18.7. The fourth-order valence-electron chi connectivity index (χ4n) is 7.74. The van der Waals surface area contributed by atoms with Crippen molar-refractivity contribution in [2.24, 2.45) is 28.6 Å². The van der Waals surface area contributed by atoms with E-state index in [1.807, 2.05) is 0 Å². The van der Waals surface area contributed by atoms with Crippen molar-refractivity contribution >= 4 is 17.5 Å². The summed E-state index contributed by atoms with van der Waals surface area (Å²) in [6.07, 6.45) is 0.273. The van der Waals surface area contributed by atoms with Crippen LogP contribution in [0.4, 0.5) is 8.78 Å². The van der Waals surface area contributed by atoms with Gasteiger partial charge < -0.3 is 14.9 Å². The minimum atomic E-state index is -2.28. The quantitative estimate of drug-likeness (QED) is 0.638. The van der Waals surface area contributed by atoms with E-state index >= 15 is 8.78 Å². The Labute approximate surface area is 185 Å². The van der Waals surface area contributed by atoms with E-state index in [9.17, 15) is 24.6 Å². The van der Waals surface area contributed by atoms with Crippen LogP contribution >= 0.6 is 0 Å². The van der Waals surface area contributed by atoms with E-state index in [4.69, 9.17) is 4.74 Å². The van der Waals surface area contributed by atoms with Crippen LogP contribution in [0.3, 0.4) is 0 Å². The highest BCUT2D eigenvalue weighted by Crippen LogP contribution is 2.71. The Balaban J connectivity index is 1.89. The van der Waals surface area contributed by atoms with Gasteiger partial charge in [-0.1, -0.05) is 19.9 Å². The SMILES string of the molecule is CC(=O)O[C@]1(C(=O)CO)[C@H](C)C[C@H]2C3C[C@H](F)C4=CC(=O)C=C[C@]4(C)[C@@]3(F)[C@@H](O)C[C@@]21C. The molecule has 8 heteroatoms. The fraction of sp³-hybridized carbons (Fsp3) is 0.708. The third kappa shape index (κ3) is 2.54. The average molecular weight is 452 g/mol. The third-order valence-electron chi connectivity index (χ3n) is 9.03. The molecule has 0 aliphatic heterocycles. The van der Waals surface area contributed by atoms with Crippen molar-refractivity contribution in [3.63, 3.8) is 0 Å². The summed E-state index contributed by atoms with van der Waals surface area (Å²) in [5.41, 5.74) is -6.74. The van der Waals surface area contributed by atoms with Gasteiger partial charge >= 0.3 is 5.97 Å². The van der Waals surface area contributed by atoms with Gasteiger partial charge in [-0.05, 0) is 49.8 Å². The maximum Gasteiger partial charge on any atom is 0.303 e. The monoisotopic (exact) mass is 452 g/mol. The van der Waals surface area contributed by atoms with Crippen molar-refractivity contribution in [1.82, 2.24) is 0 Å². The molecule has 0 bridgehead atoms. The molecule has 0 aromatic rings. The summed E-state index contributed by atoms with van der Waals surface area (Å²) in [4.78, 5) is 37.0. The predicted molar refractivity (Wildman–Crippen MR) is 110 cm³/mol. The van der Waals surface area contributed by atoms with Crippen molar-refractivity contribution in [3.05, 3.63) is 23.8 Å². The summed E-state index contributed by atoms with van der Waals surface area (Å²) < 4.78 is 38.1. The third-order valence-corrected chi connectivity index (χ3v) is 9.03.